The molecule has 0 aliphatic rings. The van der Waals surface area contributed by atoms with Gasteiger partial charge >= 0.3 is 0 Å². The average molecular weight is 237 g/mol. The minimum absolute atomic E-state index is 0.178. The van der Waals surface area contributed by atoms with Crippen LogP contribution in [0.1, 0.15) is 24.5 Å². The fraction of sp³-hybridized carbons (Fsp3) is 0.571. The lowest BCUT2D eigenvalue weighted by atomic mass is 10.1. The molecule has 0 saturated carbocycles. The Labute approximate surface area is 104 Å². The van der Waals surface area contributed by atoms with Crippen molar-refractivity contribution in [2.75, 3.05) is 19.8 Å². The Morgan fingerprint density at radius 3 is 2.76 bits per heavy atom. The van der Waals surface area contributed by atoms with Gasteiger partial charge in [-0.3, -0.25) is 0 Å². The van der Waals surface area contributed by atoms with Gasteiger partial charge < -0.3 is 15.2 Å². The second-order valence-corrected chi connectivity index (χ2v) is 4.29. The molecule has 0 aliphatic heterocycles. The molecule has 1 aromatic carbocycles. The fourth-order valence-electron chi connectivity index (χ4n) is 1.64. The Kier molecular flexibility index (Phi) is 6.01. The Morgan fingerprint density at radius 1 is 1.35 bits per heavy atom. The van der Waals surface area contributed by atoms with E-state index in [-0.39, 0.29) is 12.6 Å². The molecular weight excluding hydrogens is 214 g/mol. The monoisotopic (exact) mass is 237 g/mol. The van der Waals surface area contributed by atoms with Gasteiger partial charge in [0.05, 0.1) is 6.61 Å². The standard InChI is InChI=1S/C14H23NO2/c1-4-13(10-16)15-8-9-17-14-7-5-6-11(2)12(14)3/h5-7,13,15-16H,4,8-10H2,1-3H3. The number of hydrogen-bond acceptors (Lipinski definition) is 3. The Balaban J connectivity index is 2.33. The van der Waals surface area contributed by atoms with E-state index in [1.165, 1.54) is 11.1 Å². The van der Waals surface area contributed by atoms with Crippen molar-refractivity contribution in [3.05, 3.63) is 29.3 Å². The van der Waals surface area contributed by atoms with Gasteiger partial charge in [0.1, 0.15) is 12.4 Å². The Morgan fingerprint density at radius 2 is 2.12 bits per heavy atom. The second-order valence-electron chi connectivity index (χ2n) is 4.29. The van der Waals surface area contributed by atoms with Crippen LogP contribution in [-0.4, -0.2) is 30.9 Å². The van der Waals surface area contributed by atoms with Gasteiger partial charge in [-0.15, -0.1) is 0 Å². The van der Waals surface area contributed by atoms with Gasteiger partial charge in [0, 0.05) is 12.6 Å². The van der Waals surface area contributed by atoms with Crippen molar-refractivity contribution in [3.8, 4) is 5.75 Å². The maximum atomic E-state index is 9.02. The van der Waals surface area contributed by atoms with Crippen LogP contribution in [0.5, 0.6) is 5.75 Å². The maximum Gasteiger partial charge on any atom is 0.122 e. The summed E-state index contributed by atoms with van der Waals surface area (Å²) in [4.78, 5) is 0. The summed E-state index contributed by atoms with van der Waals surface area (Å²) in [5, 5.41) is 12.3. The summed E-state index contributed by atoms with van der Waals surface area (Å²) >= 11 is 0. The van der Waals surface area contributed by atoms with Crippen molar-refractivity contribution >= 4 is 0 Å². The molecule has 0 bridgehead atoms. The van der Waals surface area contributed by atoms with Crippen LogP contribution in [-0.2, 0) is 0 Å². The van der Waals surface area contributed by atoms with Crippen LogP contribution in [0.15, 0.2) is 18.2 Å². The summed E-state index contributed by atoms with van der Waals surface area (Å²) in [6.07, 6.45) is 0.931. The van der Waals surface area contributed by atoms with Gasteiger partial charge in [-0.25, -0.2) is 0 Å². The van der Waals surface area contributed by atoms with E-state index in [4.69, 9.17) is 9.84 Å². The minimum Gasteiger partial charge on any atom is -0.492 e. The number of nitrogens with one attached hydrogen (secondary N) is 1. The SMILES string of the molecule is CCC(CO)NCCOc1cccc(C)c1C. The van der Waals surface area contributed by atoms with E-state index >= 15 is 0 Å². The van der Waals surface area contributed by atoms with E-state index in [2.05, 4.69) is 32.2 Å². The third-order valence-corrected chi connectivity index (χ3v) is 3.06. The maximum absolute atomic E-state index is 9.02. The molecule has 17 heavy (non-hydrogen) atoms. The van der Waals surface area contributed by atoms with E-state index in [9.17, 15) is 0 Å². The molecule has 0 aromatic heterocycles. The van der Waals surface area contributed by atoms with Crippen LogP contribution in [0.4, 0.5) is 0 Å². The van der Waals surface area contributed by atoms with Crippen LogP contribution in [0.3, 0.4) is 0 Å². The number of hydrogen-bond donors (Lipinski definition) is 2. The van der Waals surface area contributed by atoms with Gasteiger partial charge in [-0.05, 0) is 37.5 Å². The highest BCUT2D eigenvalue weighted by atomic mass is 16.5. The van der Waals surface area contributed by atoms with Crippen LogP contribution < -0.4 is 10.1 Å². The van der Waals surface area contributed by atoms with Crippen LogP contribution >= 0.6 is 0 Å². The molecule has 1 atom stereocenters. The number of aryl methyl sites for hydroxylation is 1. The van der Waals surface area contributed by atoms with Gasteiger partial charge in [0.25, 0.3) is 0 Å². The average Bonchev–Trinajstić information content (AvgIpc) is 2.34. The molecule has 0 saturated heterocycles. The van der Waals surface area contributed by atoms with E-state index in [0.717, 1.165) is 18.7 Å². The van der Waals surface area contributed by atoms with Crippen LogP contribution in [0.25, 0.3) is 0 Å². The predicted molar refractivity (Wildman–Crippen MR) is 70.6 cm³/mol. The van der Waals surface area contributed by atoms with Gasteiger partial charge in [0.15, 0.2) is 0 Å². The number of ether oxygens (including phenoxy) is 1. The largest absolute Gasteiger partial charge is 0.492 e. The lowest BCUT2D eigenvalue weighted by Gasteiger charge is -2.15. The molecule has 0 heterocycles. The van der Waals surface area contributed by atoms with Crippen molar-refractivity contribution in [1.82, 2.24) is 5.32 Å². The van der Waals surface area contributed by atoms with Gasteiger partial charge in [-0.2, -0.15) is 0 Å². The van der Waals surface area contributed by atoms with E-state index in [1.807, 2.05) is 12.1 Å². The third-order valence-electron chi connectivity index (χ3n) is 3.06. The molecular formula is C14H23NO2. The van der Waals surface area contributed by atoms with Crippen molar-refractivity contribution in [1.29, 1.82) is 0 Å². The molecule has 0 aliphatic carbocycles. The minimum atomic E-state index is 0.178. The Bertz CT molecular complexity index is 335. The number of benzene rings is 1. The first-order chi connectivity index (χ1) is 8.19. The predicted octanol–water partition coefficient (Wildman–Crippen LogP) is 2.04. The quantitative estimate of drug-likeness (QED) is 0.713. The molecule has 1 unspecified atom stereocenters. The molecule has 96 valence electrons. The zero-order valence-corrected chi connectivity index (χ0v) is 11.0. The molecule has 0 fully saturated rings. The van der Waals surface area contributed by atoms with Gasteiger partial charge in [-0.1, -0.05) is 19.1 Å². The van der Waals surface area contributed by atoms with Crippen molar-refractivity contribution < 1.29 is 9.84 Å². The zero-order valence-electron chi connectivity index (χ0n) is 11.0. The molecule has 3 heteroatoms. The molecule has 0 radical (unpaired) electrons. The highest BCUT2D eigenvalue weighted by molar-refractivity contribution is 5.38. The highest BCUT2D eigenvalue weighted by Gasteiger charge is 2.04. The van der Waals surface area contributed by atoms with E-state index in [0.29, 0.717) is 6.61 Å². The molecule has 0 amide bonds. The summed E-state index contributed by atoms with van der Waals surface area (Å²) in [7, 11) is 0. The van der Waals surface area contributed by atoms with Crippen LogP contribution in [0.2, 0.25) is 0 Å². The first kappa shape index (κ1) is 14.0. The summed E-state index contributed by atoms with van der Waals surface area (Å²) < 4.78 is 5.71. The summed E-state index contributed by atoms with van der Waals surface area (Å²) in [6, 6.07) is 6.26. The van der Waals surface area contributed by atoms with Crippen LogP contribution in [0, 0.1) is 13.8 Å². The fourth-order valence-corrected chi connectivity index (χ4v) is 1.64. The molecule has 2 N–H and O–H groups in total. The molecule has 0 spiro atoms. The zero-order chi connectivity index (χ0) is 12.7. The molecule has 1 rings (SSSR count). The first-order valence-electron chi connectivity index (χ1n) is 6.22. The Hall–Kier alpha value is -1.06. The van der Waals surface area contributed by atoms with Crippen molar-refractivity contribution in [3.63, 3.8) is 0 Å². The lowest BCUT2D eigenvalue weighted by Crippen LogP contribution is -2.34. The number of rotatable bonds is 7. The summed E-state index contributed by atoms with van der Waals surface area (Å²) in [5.41, 5.74) is 2.44. The van der Waals surface area contributed by atoms with E-state index in [1.54, 1.807) is 0 Å². The topological polar surface area (TPSA) is 41.5 Å². The highest BCUT2D eigenvalue weighted by Crippen LogP contribution is 2.20. The normalized spacial score (nSPS) is 12.5. The molecule has 1 aromatic rings. The van der Waals surface area contributed by atoms with E-state index < -0.39 is 0 Å². The molecule has 3 nitrogen and oxygen atoms in total. The second kappa shape index (κ2) is 7.30. The summed E-state index contributed by atoms with van der Waals surface area (Å²) in [5.74, 6) is 0.948. The third kappa shape index (κ3) is 4.36. The smallest absolute Gasteiger partial charge is 0.122 e. The lowest BCUT2D eigenvalue weighted by molar-refractivity contribution is 0.227. The summed E-state index contributed by atoms with van der Waals surface area (Å²) in [6.45, 7) is 7.77. The van der Waals surface area contributed by atoms with Crippen molar-refractivity contribution in [2.45, 2.75) is 33.2 Å². The first-order valence-corrected chi connectivity index (χ1v) is 6.22. The number of aliphatic hydroxyl groups is 1. The number of aliphatic hydroxyl groups excluding tert-OH is 1. The van der Waals surface area contributed by atoms with Gasteiger partial charge in [0.2, 0.25) is 0 Å². The van der Waals surface area contributed by atoms with Crippen molar-refractivity contribution in [2.24, 2.45) is 0 Å².